The quantitative estimate of drug-likeness (QED) is 0.355. The van der Waals surface area contributed by atoms with Gasteiger partial charge in [0.25, 0.3) is 11.7 Å². The molecule has 3 rings (SSSR count). The van der Waals surface area contributed by atoms with Crippen LogP contribution in [0.3, 0.4) is 0 Å². The summed E-state index contributed by atoms with van der Waals surface area (Å²) < 4.78 is 5.49. The summed E-state index contributed by atoms with van der Waals surface area (Å²) in [5.74, 6) is -1.53. The molecule has 0 aliphatic carbocycles. The maximum atomic E-state index is 13.0. The highest BCUT2D eigenvalue weighted by Gasteiger charge is 2.46. The monoisotopic (exact) mass is 458 g/mol. The molecule has 0 radical (unpaired) electrons. The van der Waals surface area contributed by atoms with Gasteiger partial charge in [-0.3, -0.25) is 9.59 Å². The highest BCUT2D eigenvalue weighted by molar-refractivity contribution is 6.46. The first-order valence-electron chi connectivity index (χ1n) is 10.4. The Labute approximate surface area is 192 Å². The van der Waals surface area contributed by atoms with Crippen molar-refractivity contribution >= 4 is 29.1 Å². The minimum absolute atomic E-state index is 0.000252. The van der Waals surface area contributed by atoms with Crippen LogP contribution >= 0.6 is 11.6 Å². The number of ether oxygens (including phenoxy) is 1. The van der Waals surface area contributed by atoms with Gasteiger partial charge in [-0.2, -0.15) is 0 Å². The van der Waals surface area contributed by atoms with Crippen LogP contribution < -0.4 is 4.74 Å². The Morgan fingerprint density at radius 1 is 1.16 bits per heavy atom. The number of likely N-dealkylation sites (tertiary alicyclic amines) is 1. The van der Waals surface area contributed by atoms with Crippen LogP contribution in [0, 0.1) is 0 Å². The molecule has 2 N–H and O–H groups in total. The molecule has 1 saturated heterocycles. The molecule has 1 heterocycles. The molecule has 1 amide bonds. The van der Waals surface area contributed by atoms with Crippen LogP contribution in [0.2, 0.25) is 5.02 Å². The summed E-state index contributed by atoms with van der Waals surface area (Å²) in [5.41, 5.74) is 0.571. The fourth-order valence-electron chi connectivity index (χ4n) is 3.77. The number of hydrogen-bond acceptors (Lipinski definition) is 6. The van der Waals surface area contributed by atoms with Crippen LogP contribution in [0.15, 0.2) is 48.0 Å². The number of carbonyl (C=O) groups excluding carboxylic acids is 2. The Morgan fingerprint density at radius 3 is 2.47 bits per heavy atom. The first kappa shape index (κ1) is 23.6. The molecule has 8 heteroatoms. The van der Waals surface area contributed by atoms with Gasteiger partial charge in [-0.15, -0.1) is 0 Å². The van der Waals surface area contributed by atoms with Gasteiger partial charge in [-0.1, -0.05) is 23.7 Å². The Hall–Kier alpha value is -3.03. The predicted molar refractivity (Wildman–Crippen MR) is 123 cm³/mol. The van der Waals surface area contributed by atoms with Crippen LogP contribution in [-0.4, -0.2) is 65.5 Å². The number of aliphatic hydroxyl groups excluding tert-OH is 1. The van der Waals surface area contributed by atoms with Crippen LogP contribution in [0.1, 0.15) is 30.5 Å². The Morgan fingerprint density at radius 2 is 1.84 bits per heavy atom. The lowest BCUT2D eigenvalue weighted by Crippen LogP contribution is -2.32. The third-order valence-corrected chi connectivity index (χ3v) is 5.50. The van der Waals surface area contributed by atoms with Crippen LogP contribution in [-0.2, 0) is 9.59 Å². The number of aliphatic hydroxyl groups is 1. The van der Waals surface area contributed by atoms with E-state index in [9.17, 15) is 19.8 Å². The lowest BCUT2D eigenvalue weighted by molar-refractivity contribution is -0.139. The smallest absolute Gasteiger partial charge is 0.295 e. The molecule has 2 aromatic rings. The molecular formula is C24H27ClN2O5. The van der Waals surface area contributed by atoms with Crippen molar-refractivity contribution in [2.45, 2.75) is 19.4 Å². The Balaban J connectivity index is 2.11. The van der Waals surface area contributed by atoms with E-state index in [-0.39, 0.29) is 21.9 Å². The van der Waals surface area contributed by atoms with Crippen molar-refractivity contribution < 1.29 is 24.5 Å². The highest BCUT2D eigenvalue weighted by Crippen LogP contribution is 2.41. The summed E-state index contributed by atoms with van der Waals surface area (Å²) in [5, 5.41) is 21.6. The van der Waals surface area contributed by atoms with Gasteiger partial charge in [-0.05, 0) is 69.9 Å². The second-order valence-corrected chi connectivity index (χ2v) is 8.25. The van der Waals surface area contributed by atoms with Crippen molar-refractivity contribution in [3.63, 3.8) is 0 Å². The summed E-state index contributed by atoms with van der Waals surface area (Å²) >= 11 is 6.03. The normalized spacial score (nSPS) is 17.9. The fraction of sp³-hybridized carbons (Fsp3) is 0.333. The number of nitrogens with zero attached hydrogens (tertiary/aromatic N) is 2. The zero-order chi connectivity index (χ0) is 23.4. The summed E-state index contributed by atoms with van der Waals surface area (Å²) in [6, 6.07) is 10.4. The molecule has 1 aliphatic heterocycles. The summed E-state index contributed by atoms with van der Waals surface area (Å²) in [6.45, 7) is 3.45. The van der Waals surface area contributed by atoms with E-state index >= 15 is 0 Å². The molecule has 0 unspecified atom stereocenters. The van der Waals surface area contributed by atoms with E-state index in [0.717, 1.165) is 6.54 Å². The van der Waals surface area contributed by atoms with Crippen molar-refractivity contribution in [1.82, 2.24) is 9.80 Å². The van der Waals surface area contributed by atoms with Gasteiger partial charge in [0.1, 0.15) is 17.3 Å². The summed E-state index contributed by atoms with van der Waals surface area (Å²) in [6.07, 6.45) is 0.649. The highest BCUT2D eigenvalue weighted by atomic mass is 35.5. The second-order valence-electron chi connectivity index (χ2n) is 7.81. The number of amides is 1. The van der Waals surface area contributed by atoms with Gasteiger partial charge in [0.15, 0.2) is 0 Å². The molecule has 32 heavy (non-hydrogen) atoms. The zero-order valence-corrected chi connectivity index (χ0v) is 19.1. The average molecular weight is 459 g/mol. The van der Waals surface area contributed by atoms with Crippen LogP contribution in [0.4, 0.5) is 0 Å². The zero-order valence-electron chi connectivity index (χ0n) is 18.3. The van der Waals surface area contributed by atoms with E-state index in [4.69, 9.17) is 16.3 Å². The number of phenols is 1. The number of Topliss-reactive ketones (excluding diaryl/α,β-unsaturated/α-hetero) is 1. The number of carbonyl (C=O) groups is 2. The average Bonchev–Trinajstić information content (AvgIpc) is 3.00. The number of ketones is 1. The molecule has 7 nitrogen and oxygen atoms in total. The molecule has 2 aromatic carbocycles. The molecule has 1 aliphatic rings. The maximum absolute atomic E-state index is 13.0. The second kappa shape index (κ2) is 10.1. The largest absolute Gasteiger partial charge is 0.507 e. The number of phenolic OH excluding ortho intramolecular Hbond substituents is 1. The van der Waals surface area contributed by atoms with Crippen LogP contribution in [0.5, 0.6) is 11.5 Å². The summed E-state index contributed by atoms with van der Waals surface area (Å²) in [7, 11) is 3.86. The first-order valence-corrected chi connectivity index (χ1v) is 10.8. The van der Waals surface area contributed by atoms with Crippen molar-refractivity contribution in [2.75, 3.05) is 33.8 Å². The van der Waals surface area contributed by atoms with Gasteiger partial charge in [0, 0.05) is 11.6 Å². The van der Waals surface area contributed by atoms with Crippen molar-refractivity contribution in [3.8, 4) is 11.5 Å². The fourth-order valence-corrected chi connectivity index (χ4v) is 3.94. The number of aromatic hydroxyl groups is 1. The number of halogens is 1. The topological polar surface area (TPSA) is 90.3 Å². The molecule has 0 bridgehead atoms. The van der Waals surface area contributed by atoms with E-state index in [0.29, 0.717) is 30.9 Å². The molecule has 0 aromatic heterocycles. The first-order chi connectivity index (χ1) is 15.2. The van der Waals surface area contributed by atoms with E-state index in [2.05, 4.69) is 0 Å². The third-order valence-electron chi connectivity index (χ3n) is 5.26. The molecule has 0 spiro atoms. The molecule has 1 atom stereocenters. The molecule has 0 saturated carbocycles. The van der Waals surface area contributed by atoms with Crippen molar-refractivity contribution in [2.24, 2.45) is 0 Å². The molecular weight excluding hydrogens is 432 g/mol. The minimum atomic E-state index is -0.800. The van der Waals surface area contributed by atoms with Gasteiger partial charge in [0.05, 0.1) is 23.8 Å². The molecule has 1 fully saturated rings. The van der Waals surface area contributed by atoms with E-state index < -0.39 is 23.5 Å². The van der Waals surface area contributed by atoms with Crippen molar-refractivity contribution in [3.05, 3.63) is 64.2 Å². The lowest BCUT2D eigenvalue weighted by Gasteiger charge is -2.26. The van der Waals surface area contributed by atoms with Gasteiger partial charge in [0.2, 0.25) is 0 Å². The molecule has 170 valence electrons. The van der Waals surface area contributed by atoms with E-state index in [1.54, 1.807) is 24.3 Å². The minimum Gasteiger partial charge on any atom is -0.507 e. The maximum Gasteiger partial charge on any atom is 0.295 e. The van der Waals surface area contributed by atoms with E-state index in [1.165, 1.54) is 23.1 Å². The number of hydrogen-bond donors (Lipinski definition) is 2. The van der Waals surface area contributed by atoms with Gasteiger partial charge in [-0.25, -0.2) is 0 Å². The Kier molecular flexibility index (Phi) is 7.43. The van der Waals surface area contributed by atoms with Crippen LogP contribution in [0.25, 0.3) is 5.76 Å². The van der Waals surface area contributed by atoms with Gasteiger partial charge >= 0.3 is 0 Å². The summed E-state index contributed by atoms with van der Waals surface area (Å²) in [4.78, 5) is 29.4. The van der Waals surface area contributed by atoms with Crippen molar-refractivity contribution in [1.29, 1.82) is 0 Å². The Bertz CT molecular complexity index is 1030. The van der Waals surface area contributed by atoms with Gasteiger partial charge < -0.3 is 24.7 Å². The predicted octanol–water partition coefficient (Wildman–Crippen LogP) is 3.82. The SMILES string of the molecule is CCOc1ccc([C@@H]2C(=C(O)c3cc(Cl)ccc3O)C(=O)C(=O)N2CCCN(C)C)cc1. The number of benzene rings is 2. The number of rotatable bonds is 8. The standard InChI is InChI=1S/C24H27ClN2O5/c1-4-32-17-9-6-15(7-10-17)21-20(22(29)18-14-16(25)8-11-19(18)28)23(30)24(31)27(21)13-5-12-26(2)3/h6-11,14,21,28-29H,4-5,12-13H2,1-3H3/t21-/m1/s1. The lowest BCUT2D eigenvalue weighted by atomic mass is 9.95. The van der Waals surface area contributed by atoms with E-state index in [1.807, 2.05) is 25.9 Å². The third kappa shape index (κ3) is 4.89.